The minimum atomic E-state index is 0.0875. The summed E-state index contributed by atoms with van der Waals surface area (Å²) in [6.07, 6.45) is 4.40. The van der Waals surface area contributed by atoms with Crippen LogP contribution in [0.15, 0.2) is 18.2 Å². The van der Waals surface area contributed by atoms with Gasteiger partial charge in [-0.05, 0) is 49.4 Å². The van der Waals surface area contributed by atoms with Crippen LogP contribution in [0.3, 0.4) is 0 Å². The Hall–Kier alpha value is -1.81. The lowest BCUT2D eigenvalue weighted by Crippen LogP contribution is -2.56. The molecule has 0 saturated carbocycles. The summed E-state index contributed by atoms with van der Waals surface area (Å²) in [5.41, 5.74) is 5.71. The van der Waals surface area contributed by atoms with Gasteiger partial charge in [-0.2, -0.15) is 0 Å². The van der Waals surface area contributed by atoms with Gasteiger partial charge in [-0.3, -0.25) is 9.69 Å². The number of aryl methyl sites for hydroxylation is 1. The largest absolute Gasteiger partial charge is 0.358 e. The second-order valence-corrected chi connectivity index (χ2v) is 7.71. The highest BCUT2D eigenvalue weighted by molar-refractivity contribution is 5.89. The number of benzene rings is 1. The Morgan fingerprint density at radius 3 is 2.92 bits per heavy atom. The second kappa shape index (κ2) is 6.49. The molecule has 2 N–H and O–H groups in total. The van der Waals surface area contributed by atoms with Gasteiger partial charge in [-0.25, -0.2) is 0 Å². The number of amides is 1. The summed E-state index contributed by atoms with van der Waals surface area (Å²) >= 11 is 0. The smallest absolute Gasteiger partial charge is 0.217 e. The summed E-state index contributed by atoms with van der Waals surface area (Å²) in [6, 6.07) is 7.53. The molecular formula is C21H29N3O. The van der Waals surface area contributed by atoms with E-state index in [-0.39, 0.29) is 11.9 Å². The van der Waals surface area contributed by atoms with E-state index in [2.05, 4.69) is 47.2 Å². The first-order chi connectivity index (χ1) is 12.1. The van der Waals surface area contributed by atoms with Crippen LogP contribution in [-0.4, -0.2) is 41.0 Å². The predicted octanol–water partition coefficient (Wildman–Crippen LogP) is 3.36. The Labute approximate surface area is 150 Å². The number of hydrogen-bond acceptors (Lipinski definition) is 2. The van der Waals surface area contributed by atoms with E-state index >= 15 is 0 Å². The molecule has 1 aromatic heterocycles. The fourth-order valence-electron chi connectivity index (χ4n) is 5.20. The third-order valence-electron chi connectivity index (χ3n) is 6.06. The summed E-state index contributed by atoms with van der Waals surface area (Å²) in [5.74, 6) is 0.596. The molecule has 2 aromatic rings. The molecule has 134 valence electrons. The number of fused-ring (bicyclic) bond motifs is 2. The van der Waals surface area contributed by atoms with Gasteiger partial charge in [0.25, 0.3) is 0 Å². The standard InChI is InChI=1S/C21H29N3O/c1-4-9-24-12-14(22-13(3)25)10-16-15-7-6-8-19-21(15)17(11-20(16)24)18(5-2)23-19/h6-8,14,16,20,23H,4-5,9-12H2,1-3H3,(H,22,25)/t14-,16-,20-/m1/s1. The number of carbonyl (C=O) groups is 1. The summed E-state index contributed by atoms with van der Waals surface area (Å²) in [4.78, 5) is 17.9. The highest BCUT2D eigenvalue weighted by atomic mass is 16.1. The molecule has 0 spiro atoms. The molecule has 1 aromatic carbocycles. The van der Waals surface area contributed by atoms with Crippen LogP contribution in [-0.2, 0) is 17.6 Å². The van der Waals surface area contributed by atoms with E-state index in [4.69, 9.17) is 0 Å². The van der Waals surface area contributed by atoms with Crippen LogP contribution in [0.2, 0.25) is 0 Å². The number of hydrogen-bond donors (Lipinski definition) is 2. The van der Waals surface area contributed by atoms with Crippen molar-refractivity contribution in [2.24, 2.45) is 0 Å². The van der Waals surface area contributed by atoms with Crippen LogP contribution in [0.1, 0.15) is 56.4 Å². The quantitative estimate of drug-likeness (QED) is 0.897. The Bertz CT molecular complexity index is 794. The lowest BCUT2D eigenvalue weighted by molar-refractivity contribution is -0.120. The summed E-state index contributed by atoms with van der Waals surface area (Å²) < 4.78 is 0. The van der Waals surface area contributed by atoms with Gasteiger partial charge < -0.3 is 10.3 Å². The maximum Gasteiger partial charge on any atom is 0.217 e. The van der Waals surface area contributed by atoms with Crippen molar-refractivity contribution in [2.45, 2.75) is 64.5 Å². The molecule has 4 rings (SSSR count). The highest BCUT2D eigenvalue weighted by Gasteiger charge is 2.41. The predicted molar refractivity (Wildman–Crippen MR) is 102 cm³/mol. The molecule has 1 fully saturated rings. The van der Waals surface area contributed by atoms with Gasteiger partial charge in [0.1, 0.15) is 0 Å². The Morgan fingerprint density at radius 1 is 1.36 bits per heavy atom. The minimum absolute atomic E-state index is 0.0875. The van der Waals surface area contributed by atoms with Crippen molar-refractivity contribution in [3.8, 4) is 0 Å². The van der Waals surface area contributed by atoms with E-state index in [1.165, 1.54) is 27.7 Å². The van der Waals surface area contributed by atoms with Crippen LogP contribution in [0.25, 0.3) is 10.9 Å². The van der Waals surface area contributed by atoms with E-state index in [0.717, 1.165) is 38.8 Å². The van der Waals surface area contributed by atoms with Gasteiger partial charge in [0.2, 0.25) is 5.91 Å². The van der Waals surface area contributed by atoms with Crippen molar-refractivity contribution >= 4 is 16.8 Å². The molecule has 4 nitrogen and oxygen atoms in total. The molecule has 2 heterocycles. The number of piperidine rings is 1. The average molecular weight is 339 g/mol. The number of carbonyl (C=O) groups excluding carboxylic acids is 1. The molecule has 4 heteroatoms. The van der Waals surface area contributed by atoms with Gasteiger partial charge in [-0.15, -0.1) is 0 Å². The van der Waals surface area contributed by atoms with Gasteiger partial charge in [0, 0.05) is 48.1 Å². The van der Waals surface area contributed by atoms with Crippen molar-refractivity contribution in [2.75, 3.05) is 13.1 Å². The van der Waals surface area contributed by atoms with Gasteiger partial charge in [-0.1, -0.05) is 26.0 Å². The zero-order chi connectivity index (χ0) is 17.6. The fourth-order valence-corrected chi connectivity index (χ4v) is 5.20. The number of rotatable bonds is 4. The Morgan fingerprint density at radius 2 is 2.20 bits per heavy atom. The first kappa shape index (κ1) is 16.6. The lowest BCUT2D eigenvalue weighted by Gasteiger charge is -2.47. The van der Waals surface area contributed by atoms with Crippen LogP contribution in [0, 0.1) is 0 Å². The van der Waals surface area contributed by atoms with Crippen LogP contribution in [0.4, 0.5) is 0 Å². The Balaban J connectivity index is 1.78. The maximum absolute atomic E-state index is 11.6. The SMILES string of the molecule is CCCN1C[C@H](NC(C)=O)C[C@@H]2c3cccc4[nH]c(CC)c(c34)C[C@H]21. The average Bonchev–Trinajstić information content (AvgIpc) is 2.95. The molecule has 2 aliphatic rings. The van der Waals surface area contributed by atoms with Crippen LogP contribution >= 0.6 is 0 Å². The van der Waals surface area contributed by atoms with Gasteiger partial charge in [0.15, 0.2) is 0 Å². The lowest BCUT2D eigenvalue weighted by atomic mass is 9.73. The zero-order valence-corrected chi connectivity index (χ0v) is 15.6. The summed E-state index contributed by atoms with van der Waals surface area (Å²) in [7, 11) is 0. The normalized spacial score (nSPS) is 25.8. The van der Waals surface area contributed by atoms with Crippen molar-refractivity contribution in [3.63, 3.8) is 0 Å². The monoisotopic (exact) mass is 339 g/mol. The molecule has 25 heavy (non-hydrogen) atoms. The third kappa shape index (κ3) is 2.77. The second-order valence-electron chi connectivity index (χ2n) is 7.71. The molecule has 0 unspecified atom stereocenters. The van der Waals surface area contributed by atoms with E-state index < -0.39 is 0 Å². The van der Waals surface area contributed by atoms with Crippen molar-refractivity contribution < 1.29 is 4.79 Å². The van der Waals surface area contributed by atoms with E-state index in [0.29, 0.717) is 12.0 Å². The van der Waals surface area contributed by atoms with Crippen molar-refractivity contribution in [1.29, 1.82) is 0 Å². The molecule has 0 bridgehead atoms. The highest BCUT2D eigenvalue weighted by Crippen LogP contribution is 2.44. The molecule has 1 saturated heterocycles. The van der Waals surface area contributed by atoms with Gasteiger partial charge >= 0.3 is 0 Å². The number of nitrogens with zero attached hydrogens (tertiary/aromatic N) is 1. The molecule has 1 aliphatic heterocycles. The molecule has 1 aliphatic carbocycles. The first-order valence-electron chi connectivity index (χ1n) is 9.75. The molecule has 1 amide bonds. The van der Waals surface area contributed by atoms with E-state index in [9.17, 15) is 4.79 Å². The summed E-state index contributed by atoms with van der Waals surface area (Å²) in [5, 5.41) is 4.65. The molecular weight excluding hydrogens is 310 g/mol. The van der Waals surface area contributed by atoms with Crippen LogP contribution in [0.5, 0.6) is 0 Å². The van der Waals surface area contributed by atoms with Gasteiger partial charge in [0.05, 0.1) is 0 Å². The van der Waals surface area contributed by atoms with E-state index in [1.807, 2.05) is 0 Å². The minimum Gasteiger partial charge on any atom is -0.358 e. The number of aromatic nitrogens is 1. The number of likely N-dealkylation sites (tertiary alicyclic amines) is 1. The topological polar surface area (TPSA) is 48.1 Å². The first-order valence-corrected chi connectivity index (χ1v) is 9.75. The number of nitrogens with one attached hydrogen (secondary N) is 2. The van der Waals surface area contributed by atoms with E-state index in [1.54, 1.807) is 6.92 Å². The van der Waals surface area contributed by atoms with Crippen molar-refractivity contribution in [3.05, 3.63) is 35.0 Å². The van der Waals surface area contributed by atoms with Crippen molar-refractivity contribution in [1.82, 2.24) is 15.2 Å². The number of aromatic amines is 1. The Kier molecular flexibility index (Phi) is 4.32. The summed E-state index contributed by atoms with van der Waals surface area (Å²) in [6.45, 7) is 8.21. The van der Waals surface area contributed by atoms with Crippen LogP contribution < -0.4 is 5.32 Å². The fraction of sp³-hybridized carbons (Fsp3) is 0.571. The maximum atomic E-state index is 11.6. The molecule has 3 atom stereocenters. The molecule has 0 radical (unpaired) electrons. The number of H-pyrrole nitrogens is 1. The third-order valence-corrected chi connectivity index (χ3v) is 6.06. The zero-order valence-electron chi connectivity index (χ0n) is 15.6.